The summed E-state index contributed by atoms with van der Waals surface area (Å²) in [4.78, 5) is 8.62. The number of aliphatic imine (C=N–C) groups is 1. The second-order valence-corrected chi connectivity index (χ2v) is 6.43. The number of nitrogens with two attached hydrogens (primary N) is 1. The first-order chi connectivity index (χ1) is 8.08. The lowest BCUT2D eigenvalue weighted by Gasteiger charge is -2.20. The molecule has 0 unspecified atom stereocenters. The van der Waals surface area contributed by atoms with Gasteiger partial charge >= 0.3 is 0 Å². The summed E-state index contributed by atoms with van der Waals surface area (Å²) >= 11 is 0. The van der Waals surface area contributed by atoms with Crippen LogP contribution in [0.4, 0.5) is 0 Å². The first-order valence-electron chi connectivity index (χ1n) is 6.08. The Kier molecular flexibility index (Phi) is 3.98. The zero-order chi connectivity index (χ0) is 14.0. The van der Waals surface area contributed by atoms with E-state index < -0.39 is 0 Å². The zero-order valence-electron chi connectivity index (χ0n) is 12.1. The molecule has 1 heterocycles. The van der Waals surface area contributed by atoms with Gasteiger partial charge in [-0.05, 0) is 20.8 Å². The quantitative estimate of drug-likeness (QED) is 0.546. The van der Waals surface area contributed by atoms with Gasteiger partial charge in [-0.25, -0.2) is 9.98 Å². The van der Waals surface area contributed by atoms with E-state index in [1.807, 2.05) is 20.8 Å². The fourth-order valence-corrected chi connectivity index (χ4v) is 1.29. The van der Waals surface area contributed by atoms with Gasteiger partial charge in [0.15, 0.2) is 11.8 Å². The molecule has 6 heteroatoms. The molecular weight excluding hydrogens is 228 g/mol. The molecule has 0 aromatic carbocycles. The van der Waals surface area contributed by atoms with Crippen LogP contribution >= 0.6 is 0 Å². The van der Waals surface area contributed by atoms with Gasteiger partial charge < -0.3 is 11.1 Å². The normalized spacial score (nSPS) is 13.8. The number of aromatic amines is 1. The van der Waals surface area contributed by atoms with Crippen LogP contribution in [0.1, 0.15) is 53.2 Å². The molecule has 0 aliphatic rings. The Balaban J connectivity index is 2.64. The van der Waals surface area contributed by atoms with Crippen LogP contribution in [0.3, 0.4) is 0 Å². The lowest BCUT2D eigenvalue weighted by molar-refractivity contribution is 0.508. The topological polar surface area (TPSA) is 92.0 Å². The summed E-state index contributed by atoms with van der Waals surface area (Å²) in [5.74, 6) is 1.92. The van der Waals surface area contributed by atoms with Gasteiger partial charge in [0.25, 0.3) is 0 Å². The fraction of sp³-hybridized carbons (Fsp3) is 0.750. The van der Waals surface area contributed by atoms with E-state index in [2.05, 4.69) is 46.3 Å². The summed E-state index contributed by atoms with van der Waals surface area (Å²) in [6.45, 7) is 12.7. The number of hydrogen-bond donors (Lipinski definition) is 3. The molecule has 6 nitrogen and oxygen atoms in total. The Labute approximate surface area is 108 Å². The molecule has 1 aromatic heterocycles. The van der Waals surface area contributed by atoms with Crippen molar-refractivity contribution in [3.8, 4) is 0 Å². The molecule has 18 heavy (non-hydrogen) atoms. The van der Waals surface area contributed by atoms with Crippen LogP contribution in [0, 0.1) is 0 Å². The summed E-state index contributed by atoms with van der Waals surface area (Å²) in [5.41, 5.74) is 5.62. The molecule has 0 saturated carbocycles. The number of rotatable bonds is 2. The third kappa shape index (κ3) is 4.73. The van der Waals surface area contributed by atoms with Crippen LogP contribution in [0.5, 0.6) is 0 Å². The van der Waals surface area contributed by atoms with Gasteiger partial charge in [0.05, 0.1) is 0 Å². The summed E-state index contributed by atoms with van der Waals surface area (Å²) in [6.07, 6.45) is 0. The van der Waals surface area contributed by atoms with Crippen molar-refractivity contribution < 1.29 is 0 Å². The van der Waals surface area contributed by atoms with Crippen LogP contribution in [-0.2, 0) is 12.0 Å². The Morgan fingerprint density at radius 2 is 1.89 bits per heavy atom. The van der Waals surface area contributed by atoms with Crippen LogP contribution in [0.25, 0.3) is 0 Å². The third-order valence-electron chi connectivity index (χ3n) is 2.10. The van der Waals surface area contributed by atoms with Crippen LogP contribution in [0.15, 0.2) is 4.99 Å². The van der Waals surface area contributed by atoms with Crippen LogP contribution in [0.2, 0.25) is 0 Å². The number of aromatic nitrogens is 3. The highest BCUT2D eigenvalue weighted by molar-refractivity contribution is 5.78. The van der Waals surface area contributed by atoms with Gasteiger partial charge in [-0.1, -0.05) is 20.8 Å². The molecule has 0 radical (unpaired) electrons. The van der Waals surface area contributed by atoms with Crippen LogP contribution in [-0.4, -0.2) is 26.7 Å². The van der Waals surface area contributed by atoms with Crippen LogP contribution < -0.4 is 11.1 Å². The molecule has 0 spiro atoms. The van der Waals surface area contributed by atoms with Gasteiger partial charge in [-0.3, -0.25) is 5.10 Å². The second-order valence-electron chi connectivity index (χ2n) is 6.43. The van der Waals surface area contributed by atoms with E-state index in [0.717, 1.165) is 11.6 Å². The Hall–Kier alpha value is -1.59. The van der Waals surface area contributed by atoms with Gasteiger partial charge in [-0.2, -0.15) is 5.10 Å². The SMILES string of the molecule is CC(C)(C)NC(N)=NCc1nc(C(C)(C)C)n[nH]1. The Morgan fingerprint density at radius 1 is 1.28 bits per heavy atom. The van der Waals surface area contributed by atoms with Gasteiger partial charge in [-0.15, -0.1) is 0 Å². The van der Waals surface area contributed by atoms with E-state index in [0.29, 0.717) is 12.5 Å². The molecule has 102 valence electrons. The molecule has 1 rings (SSSR count). The van der Waals surface area contributed by atoms with E-state index in [1.165, 1.54) is 0 Å². The molecule has 0 aliphatic carbocycles. The highest BCUT2D eigenvalue weighted by Crippen LogP contribution is 2.17. The number of guanidine groups is 1. The van der Waals surface area contributed by atoms with Crippen molar-refractivity contribution in [2.24, 2.45) is 10.7 Å². The maximum absolute atomic E-state index is 5.78. The van der Waals surface area contributed by atoms with E-state index in [-0.39, 0.29) is 11.0 Å². The molecule has 1 aromatic rings. The summed E-state index contributed by atoms with van der Waals surface area (Å²) in [6, 6.07) is 0. The van der Waals surface area contributed by atoms with Crippen molar-refractivity contribution in [2.45, 2.75) is 59.0 Å². The van der Waals surface area contributed by atoms with Crippen molar-refractivity contribution in [1.29, 1.82) is 0 Å². The van der Waals surface area contributed by atoms with Gasteiger partial charge in [0, 0.05) is 11.0 Å². The Bertz CT molecular complexity index is 419. The molecule has 0 saturated heterocycles. The minimum atomic E-state index is -0.0917. The molecule has 0 amide bonds. The minimum Gasteiger partial charge on any atom is -0.370 e. The van der Waals surface area contributed by atoms with Crippen molar-refractivity contribution in [1.82, 2.24) is 20.5 Å². The Morgan fingerprint density at radius 3 is 2.33 bits per heavy atom. The fourth-order valence-electron chi connectivity index (χ4n) is 1.29. The molecule has 4 N–H and O–H groups in total. The largest absolute Gasteiger partial charge is 0.370 e. The summed E-state index contributed by atoms with van der Waals surface area (Å²) in [7, 11) is 0. The lowest BCUT2D eigenvalue weighted by atomic mass is 9.96. The van der Waals surface area contributed by atoms with E-state index in [1.54, 1.807) is 0 Å². The first kappa shape index (κ1) is 14.5. The van der Waals surface area contributed by atoms with Crippen molar-refractivity contribution >= 4 is 5.96 Å². The van der Waals surface area contributed by atoms with Gasteiger partial charge in [0.1, 0.15) is 12.4 Å². The molecule has 0 atom stereocenters. The maximum atomic E-state index is 5.78. The zero-order valence-corrected chi connectivity index (χ0v) is 12.1. The highest BCUT2D eigenvalue weighted by Gasteiger charge is 2.19. The second kappa shape index (κ2) is 4.96. The summed E-state index contributed by atoms with van der Waals surface area (Å²) < 4.78 is 0. The van der Waals surface area contributed by atoms with Crippen molar-refractivity contribution in [3.63, 3.8) is 0 Å². The number of hydrogen-bond acceptors (Lipinski definition) is 3. The average molecular weight is 252 g/mol. The summed E-state index contributed by atoms with van der Waals surface area (Å²) in [5, 5.41) is 10.1. The third-order valence-corrected chi connectivity index (χ3v) is 2.10. The lowest BCUT2D eigenvalue weighted by Crippen LogP contribution is -2.45. The van der Waals surface area contributed by atoms with Gasteiger partial charge in [0.2, 0.25) is 0 Å². The molecule has 0 fully saturated rings. The molecular formula is C12H24N6. The minimum absolute atomic E-state index is 0.0618. The van der Waals surface area contributed by atoms with E-state index in [4.69, 9.17) is 5.73 Å². The predicted octanol–water partition coefficient (Wildman–Crippen LogP) is 1.30. The van der Waals surface area contributed by atoms with E-state index in [9.17, 15) is 0 Å². The van der Waals surface area contributed by atoms with E-state index >= 15 is 0 Å². The van der Waals surface area contributed by atoms with Crippen molar-refractivity contribution in [3.05, 3.63) is 11.6 Å². The standard InChI is InChI=1S/C12H24N6/c1-11(2,3)9-15-8(17-18-9)7-14-10(13)16-12(4,5)6/h7H2,1-6H3,(H3,13,14,16)(H,15,17,18). The number of nitrogens with zero attached hydrogens (tertiary/aromatic N) is 3. The maximum Gasteiger partial charge on any atom is 0.189 e. The number of nitrogens with one attached hydrogen (secondary N) is 2. The number of H-pyrrole nitrogens is 1. The predicted molar refractivity (Wildman–Crippen MR) is 73.3 cm³/mol. The monoisotopic (exact) mass is 252 g/mol. The van der Waals surface area contributed by atoms with Crippen molar-refractivity contribution in [2.75, 3.05) is 0 Å². The smallest absolute Gasteiger partial charge is 0.189 e. The first-order valence-corrected chi connectivity index (χ1v) is 6.08. The molecule has 0 bridgehead atoms. The highest BCUT2D eigenvalue weighted by atomic mass is 15.2. The average Bonchev–Trinajstić information content (AvgIpc) is 2.59. The molecule has 0 aliphatic heterocycles.